The summed E-state index contributed by atoms with van der Waals surface area (Å²) in [6.07, 6.45) is 2.36. The molecule has 0 atom stereocenters. The Hall–Kier alpha value is -0.0800. The highest BCUT2D eigenvalue weighted by Crippen LogP contribution is 2.24. The molecule has 0 saturated carbocycles. The molecule has 0 aromatic rings. The van der Waals surface area contributed by atoms with Gasteiger partial charge in [0, 0.05) is 18.6 Å². The summed E-state index contributed by atoms with van der Waals surface area (Å²) in [6, 6.07) is 0. The molecule has 13 heavy (non-hydrogen) atoms. The third kappa shape index (κ3) is 6.05. The molecule has 2 heteroatoms. The minimum absolute atomic E-state index is 0.209. The maximum atomic E-state index is 5.47. The second-order valence-electron chi connectivity index (χ2n) is 3.83. The van der Waals surface area contributed by atoms with Gasteiger partial charge in [-0.25, -0.2) is 0 Å². The fourth-order valence-corrected chi connectivity index (χ4v) is 1.49. The van der Waals surface area contributed by atoms with Crippen LogP contribution in [0.3, 0.4) is 0 Å². The Bertz CT molecular complexity index is 105. The van der Waals surface area contributed by atoms with Gasteiger partial charge in [0.25, 0.3) is 0 Å². The smallest absolute Gasteiger partial charge is 0.0541 e. The van der Waals surface area contributed by atoms with Crippen LogP contribution >= 0.6 is 0 Å². The van der Waals surface area contributed by atoms with Crippen molar-refractivity contribution in [3.8, 4) is 0 Å². The average molecular weight is 188 g/mol. The van der Waals surface area contributed by atoms with Crippen molar-refractivity contribution in [2.45, 2.75) is 40.5 Å². The molecule has 0 N–H and O–H groups in total. The monoisotopic (exact) mass is 188 g/mol. The lowest BCUT2D eigenvalue weighted by Gasteiger charge is -2.28. The molecule has 0 amide bonds. The summed E-state index contributed by atoms with van der Waals surface area (Å²) in [6.45, 7) is 11.7. The first-order valence-electron chi connectivity index (χ1n) is 5.34. The fraction of sp³-hybridized carbons (Fsp3) is 1.00. The maximum Gasteiger partial charge on any atom is 0.0541 e. The van der Waals surface area contributed by atoms with Gasteiger partial charge >= 0.3 is 0 Å². The highest BCUT2D eigenvalue weighted by Gasteiger charge is 2.23. The summed E-state index contributed by atoms with van der Waals surface area (Å²) in [5.41, 5.74) is 0.209. The lowest BCUT2D eigenvalue weighted by molar-refractivity contribution is -0.0113. The summed E-state index contributed by atoms with van der Waals surface area (Å²) in [5.74, 6) is 0. The minimum Gasteiger partial charge on any atom is -0.381 e. The molecule has 0 spiro atoms. The third-order valence-corrected chi connectivity index (χ3v) is 2.16. The Kier molecular flexibility index (Phi) is 7.29. The molecule has 0 unspecified atom stereocenters. The van der Waals surface area contributed by atoms with E-state index in [1.807, 2.05) is 13.8 Å². The van der Waals surface area contributed by atoms with E-state index in [4.69, 9.17) is 9.47 Å². The summed E-state index contributed by atoms with van der Waals surface area (Å²) in [5, 5.41) is 0. The Morgan fingerprint density at radius 3 is 1.69 bits per heavy atom. The van der Waals surface area contributed by atoms with E-state index in [2.05, 4.69) is 13.8 Å². The molecule has 0 aliphatic heterocycles. The van der Waals surface area contributed by atoms with Crippen molar-refractivity contribution >= 4 is 0 Å². The molecular formula is C11H24O2. The SMILES string of the molecule is CCCC(C)(COCC)COCC. The van der Waals surface area contributed by atoms with Gasteiger partial charge in [-0.1, -0.05) is 20.3 Å². The van der Waals surface area contributed by atoms with Gasteiger partial charge in [0.05, 0.1) is 13.2 Å². The van der Waals surface area contributed by atoms with Crippen LogP contribution in [0.1, 0.15) is 40.5 Å². The fourth-order valence-electron chi connectivity index (χ4n) is 1.49. The van der Waals surface area contributed by atoms with Gasteiger partial charge in [-0.2, -0.15) is 0 Å². The molecule has 0 aromatic carbocycles. The lowest BCUT2D eigenvalue weighted by atomic mass is 9.87. The van der Waals surface area contributed by atoms with Crippen molar-refractivity contribution in [1.29, 1.82) is 0 Å². The Labute approximate surface area is 82.6 Å². The first kappa shape index (κ1) is 12.9. The van der Waals surface area contributed by atoms with Gasteiger partial charge in [0.1, 0.15) is 0 Å². The van der Waals surface area contributed by atoms with Crippen molar-refractivity contribution in [1.82, 2.24) is 0 Å². The zero-order chi connectivity index (χ0) is 10.2. The third-order valence-electron chi connectivity index (χ3n) is 2.16. The Balaban J connectivity index is 3.84. The quantitative estimate of drug-likeness (QED) is 0.583. The highest BCUT2D eigenvalue weighted by atomic mass is 16.5. The molecule has 0 fully saturated rings. The minimum atomic E-state index is 0.209. The van der Waals surface area contributed by atoms with E-state index in [1.165, 1.54) is 12.8 Å². The van der Waals surface area contributed by atoms with E-state index in [9.17, 15) is 0 Å². The molecule has 0 aromatic heterocycles. The zero-order valence-corrected chi connectivity index (χ0v) is 9.56. The normalized spacial score (nSPS) is 12.0. The van der Waals surface area contributed by atoms with E-state index < -0.39 is 0 Å². The van der Waals surface area contributed by atoms with Crippen LogP contribution in [0.4, 0.5) is 0 Å². The standard InChI is InChI=1S/C11H24O2/c1-5-8-11(4,9-12-6-2)10-13-7-3/h5-10H2,1-4H3. The van der Waals surface area contributed by atoms with Crippen molar-refractivity contribution in [2.75, 3.05) is 26.4 Å². The predicted molar refractivity (Wildman–Crippen MR) is 56.0 cm³/mol. The van der Waals surface area contributed by atoms with Crippen LogP contribution in [0, 0.1) is 5.41 Å². The molecule has 0 aliphatic carbocycles. The van der Waals surface area contributed by atoms with E-state index in [1.54, 1.807) is 0 Å². The second-order valence-corrected chi connectivity index (χ2v) is 3.83. The van der Waals surface area contributed by atoms with Gasteiger partial charge in [-0.3, -0.25) is 0 Å². The van der Waals surface area contributed by atoms with Gasteiger partial charge in [-0.05, 0) is 20.3 Å². The number of hydrogen-bond donors (Lipinski definition) is 0. The zero-order valence-electron chi connectivity index (χ0n) is 9.56. The second kappa shape index (κ2) is 7.34. The van der Waals surface area contributed by atoms with Crippen LogP contribution in [0.5, 0.6) is 0 Å². The van der Waals surface area contributed by atoms with Gasteiger partial charge < -0.3 is 9.47 Å². The Morgan fingerprint density at radius 2 is 1.38 bits per heavy atom. The number of hydrogen-bond acceptors (Lipinski definition) is 2. The molecule has 2 nitrogen and oxygen atoms in total. The molecule has 0 heterocycles. The lowest BCUT2D eigenvalue weighted by Crippen LogP contribution is -2.29. The van der Waals surface area contributed by atoms with Crippen molar-refractivity contribution in [3.63, 3.8) is 0 Å². The average Bonchev–Trinajstić information content (AvgIpc) is 2.12. The highest BCUT2D eigenvalue weighted by molar-refractivity contribution is 4.72. The van der Waals surface area contributed by atoms with Crippen LogP contribution in [-0.2, 0) is 9.47 Å². The van der Waals surface area contributed by atoms with E-state index in [0.29, 0.717) is 0 Å². The molecule has 0 saturated heterocycles. The van der Waals surface area contributed by atoms with Crippen LogP contribution in [0.25, 0.3) is 0 Å². The predicted octanol–water partition coefficient (Wildman–Crippen LogP) is 2.87. The van der Waals surface area contributed by atoms with Crippen LogP contribution in [0.2, 0.25) is 0 Å². The summed E-state index contributed by atoms with van der Waals surface area (Å²) < 4.78 is 10.9. The molecule has 0 radical (unpaired) electrons. The molecule has 0 aliphatic rings. The topological polar surface area (TPSA) is 18.5 Å². The Morgan fingerprint density at radius 1 is 0.923 bits per heavy atom. The van der Waals surface area contributed by atoms with Gasteiger partial charge in [0.15, 0.2) is 0 Å². The largest absolute Gasteiger partial charge is 0.381 e. The van der Waals surface area contributed by atoms with Crippen molar-refractivity contribution < 1.29 is 9.47 Å². The summed E-state index contributed by atoms with van der Waals surface area (Å²) >= 11 is 0. The van der Waals surface area contributed by atoms with Crippen molar-refractivity contribution in [2.24, 2.45) is 5.41 Å². The molecule has 0 bridgehead atoms. The maximum absolute atomic E-state index is 5.47. The number of ether oxygens (including phenoxy) is 2. The van der Waals surface area contributed by atoms with E-state index in [0.717, 1.165) is 26.4 Å². The van der Waals surface area contributed by atoms with Crippen LogP contribution in [0.15, 0.2) is 0 Å². The first-order chi connectivity index (χ1) is 6.18. The summed E-state index contributed by atoms with van der Waals surface area (Å²) in [7, 11) is 0. The van der Waals surface area contributed by atoms with E-state index >= 15 is 0 Å². The van der Waals surface area contributed by atoms with Gasteiger partial charge in [-0.15, -0.1) is 0 Å². The van der Waals surface area contributed by atoms with Crippen LogP contribution < -0.4 is 0 Å². The summed E-state index contributed by atoms with van der Waals surface area (Å²) in [4.78, 5) is 0. The first-order valence-corrected chi connectivity index (χ1v) is 5.34. The van der Waals surface area contributed by atoms with Crippen LogP contribution in [-0.4, -0.2) is 26.4 Å². The van der Waals surface area contributed by atoms with Gasteiger partial charge in [0.2, 0.25) is 0 Å². The molecule has 0 rings (SSSR count). The molecule has 80 valence electrons. The van der Waals surface area contributed by atoms with E-state index in [-0.39, 0.29) is 5.41 Å². The molecular weight excluding hydrogens is 164 g/mol. The van der Waals surface area contributed by atoms with Crippen molar-refractivity contribution in [3.05, 3.63) is 0 Å². The number of rotatable bonds is 8.